The Bertz CT molecular complexity index is 413. The molecule has 2 N–H and O–H groups in total. The second kappa shape index (κ2) is 4.65. The fraction of sp³-hybridized carbons (Fsp3) is 0.571. The number of aryl methyl sites for hydroxylation is 1. The van der Waals surface area contributed by atoms with E-state index in [1.165, 1.54) is 0 Å². The summed E-state index contributed by atoms with van der Waals surface area (Å²) < 4.78 is 19.6. The van der Waals surface area contributed by atoms with Crippen molar-refractivity contribution in [3.05, 3.63) is 29.1 Å². The van der Waals surface area contributed by atoms with Gasteiger partial charge in [-0.05, 0) is 50.4 Å². The molecule has 2 rings (SSSR count). The summed E-state index contributed by atoms with van der Waals surface area (Å²) in [5.74, 6) is 0.533. The zero-order valence-corrected chi connectivity index (χ0v) is 10.6. The SMILES string of the molecule is COc1cc(C)cc(F)c1C1(CCN)CCC1. The largest absolute Gasteiger partial charge is 0.496 e. The predicted molar refractivity (Wildman–Crippen MR) is 66.9 cm³/mol. The van der Waals surface area contributed by atoms with Crippen LogP contribution in [0.1, 0.15) is 36.8 Å². The summed E-state index contributed by atoms with van der Waals surface area (Å²) in [4.78, 5) is 0. The van der Waals surface area contributed by atoms with Gasteiger partial charge < -0.3 is 10.5 Å². The third-order valence-electron chi connectivity index (χ3n) is 3.88. The molecule has 0 heterocycles. The van der Waals surface area contributed by atoms with Crippen LogP contribution in [0.25, 0.3) is 0 Å². The number of nitrogens with two attached hydrogens (primary N) is 1. The first-order valence-corrected chi connectivity index (χ1v) is 6.17. The molecule has 0 aliphatic heterocycles. The number of hydrogen-bond acceptors (Lipinski definition) is 2. The molecule has 0 radical (unpaired) electrons. The summed E-state index contributed by atoms with van der Waals surface area (Å²) >= 11 is 0. The smallest absolute Gasteiger partial charge is 0.130 e. The summed E-state index contributed by atoms with van der Waals surface area (Å²) in [6.07, 6.45) is 4.01. The molecule has 2 nitrogen and oxygen atoms in total. The second-order valence-electron chi connectivity index (χ2n) is 5.00. The van der Waals surface area contributed by atoms with Crippen molar-refractivity contribution in [3.8, 4) is 5.75 Å². The maximum Gasteiger partial charge on any atom is 0.130 e. The Morgan fingerprint density at radius 3 is 2.59 bits per heavy atom. The van der Waals surface area contributed by atoms with Crippen molar-refractivity contribution in [2.45, 2.75) is 38.0 Å². The lowest BCUT2D eigenvalue weighted by Crippen LogP contribution is -2.37. The van der Waals surface area contributed by atoms with Gasteiger partial charge in [-0.2, -0.15) is 0 Å². The zero-order valence-electron chi connectivity index (χ0n) is 10.6. The van der Waals surface area contributed by atoms with Crippen molar-refractivity contribution in [1.29, 1.82) is 0 Å². The van der Waals surface area contributed by atoms with Crippen LogP contribution in [-0.4, -0.2) is 13.7 Å². The van der Waals surface area contributed by atoms with E-state index < -0.39 is 0 Å². The van der Waals surface area contributed by atoms with E-state index in [4.69, 9.17) is 10.5 Å². The first kappa shape index (κ1) is 12.4. The molecule has 1 aliphatic carbocycles. The van der Waals surface area contributed by atoms with Gasteiger partial charge in [-0.25, -0.2) is 4.39 Å². The minimum Gasteiger partial charge on any atom is -0.496 e. The van der Waals surface area contributed by atoms with Crippen molar-refractivity contribution in [2.24, 2.45) is 5.73 Å². The first-order chi connectivity index (χ1) is 8.13. The van der Waals surface area contributed by atoms with Crippen LogP contribution in [0.15, 0.2) is 12.1 Å². The first-order valence-electron chi connectivity index (χ1n) is 6.17. The van der Waals surface area contributed by atoms with E-state index in [9.17, 15) is 4.39 Å². The Kier molecular flexibility index (Phi) is 3.38. The molecule has 0 aromatic heterocycles. The molecule has 1 fully saturated rings. The van der Waals surface area contributed by atoms with Crippen molar-refractivity contribution in [3.63, 3.8) is 0 Å². The van der Waals surface area contributed by atoms with Gasteiger partial charge in [0, 0.05) is 11.0 Å². The summed E-state index contributed by atoms with van der Waals surface area (Å²) in [5, 5.41) is 0. The van der Waals surface area contributed by atoms with Crippen molar-refractivity contribution in [1.82, 2.24) is 0 Å². The van der Waals surface area contributed by atoms with Crippen LogP contribution in [0.2, 0.25) is 0 Å². The van der Waals surface area contributed by atoms with Gasteiger partial charge in [-0.1, -0.05) is 6.42 Å². The van der Waals surface area contributed by atoms with Crippen LogP contribution < -0.4 is 10.5 Å². The van der Waals surface area contributed by atoms with E-state index in [0.717, 1.165) is 36.8 Å². The average Bonchev–Trinajstić information content (AvgIpc) is 2.23. The van der Waals surface area contributed by atoms with Gasteiger partial charge in [0.2, 0.25) is 0 Å². The van der Waals surface area contributed by atoms with Gasteiger partial charge in [-0.3, -0.25) is 0 Å². The lowest BCUT2D eigenvalue weighted by molar-refractivity contribution is 0.213. The topological polar surface area (TPSA) is 35.2 Å². The van der Waals surface area contributed by atoms with Crippen LogP contribution in [0.5, 0.6) is 5.75 Å². The van der Waals surface area contributed by atoms with Gasteiger partial charge in [0.1, 0.15) is 11.6 Å². The van der Waals surface area contributed by atoms with E-state index in [2.05, 4.69) is 0 Å². The Labute approximate surface area is 102 Å². The Morgan fingerprint density at radius 1 is 1.41 bits per heavy atom. The number of benzene rings is 1. The highest BCUT2D eigenvalue weighted by molar-refractivity contribution is 5.44. The molecule has 1 saturated carbocycles. The van der Waals surface area contributed by atoms with E-state index in [1.807, 2.05) is 13.0 Å². The molecule has 17 heavy (non-hydrogen) atoms. The minimum atomic E-state index is -0.144. The lowest BCUT2D eigenvalue weighted by Gasteiger charge is -2.43. The summed E-state index contributed by atoms with van der Waals surface area (Å²) in [5.41, 5.74) is 7.22. The van der Waals surface area contributed by atoms with Crippen molar-refractivity contribution < 1.29 is 9.13 Å². The molecular formula is C14H20FNO. The van der Waals surface area contributed by atoms with E-state index in [1.54, 1.807) is 13.2 Å². The summed E-state index contributed by atoms with van der Waals surface area (Å²) in [6, 6.07) is 3.50. The molecule has 0 amide bonds. The number of hydrogen-bond donors (Lipinski definition) is 1. The quantitative estimate of drug-likeness (QED) is 0.874. The van der Waals surface area contributed by atoms with Crippen LogP contribution >= 0.6 is 0 Å². The molecular weight excluding hydrogens is 217 g/mol. The molecule has 0 unspecified atom stereocenters. The molecule has 1 aromatic carbocycles. The number of methoxy groups -OCH3 is 1. The summed E-state index contributed by atoms with van der Waals surface area (Å²) in [6.45, 7) is 2.47. The molecule has 3 heteroatoms. The van der Waals surface area contributed by atoms with Gasteiger partial charge >= 0.3 is 0 Å². The molecule has 0 atom stereocenters. The fourth-order valence-corrected chi connectivity index (χ4v) is 2.89. The maximum absolute atomic E-state index is 14.2. The minimum absolute atomic E-state index is 0.0854. The number of rotatable bonds is 4. The standard InChI is InChI=1S/C14H20FNO/c1-10-8-11(15)13(12(9-10)17-2)14(6-7-16)4-3-5-14/h8-9H,3-7,16H2,1-2H3. The number of ether oxygens (including phenoxy) is 1. The maximum atomic E-state index is 14.2. The van der Waals surface area contributed by atoms with Crippen LogP contribution in [0.4, 0.5) is 4.39 Å². The van der Waals surface area contributed by atoms with Crippen molar-refractivity contribution in [2.75, 3.05) is 13.7 Å². The lowest BCUT2D eigenvalue weighted by atomic mass is 9.62. The third-order valence-corrected chi connectivity index (χ3v) is 3.88. The van der Waals surface area contributed by atoms with Gasteiger partial charge in [0.25, 0.3) is 0 Å². The molecule has 0 saturated heterocycles. The molecule has 0 spiro atoms. The second-order valence-corrected chi connectivity index (χ2v) is 5.00. The normalized spacial score (nSPS) is 17.6. The average molecular weight is 237 g/mol. The Balaban J connectivity index is 2.49. The Morgan fingerprint density at radius 2 is 2.12 bits per heavy atom. The van der Waals surface area contributed by atoms with Crippen molar-refractivity contribution >= 4 is 0 Å². The highest BCUT2D eigenvalue weighted by atomic mass is 19.1. The monoisotopic (exact) mass is 237 g/mol. The van der Waals surface area contributed by atoms with Crippen LogP contribution in [0, 0.1) is 12.7 Å². The van der Waals surface area contributed by atoms with E-state index in [-0.39, 0.29) is 11.2 Å². The number of halogens is 1. The fourth-order valence-electron chi connectivity index (χ4n) is 2.89. The zero-order chi connectivity index (χ0) is 12.5. The van der Waals surface area contributed by atoms with Gasteiger partial charge in [-0.15, -0.1) is 0 Å². The van der Waals surface area contributed by atoms with E-state index >= 15 is 0 Å². The van der Waals surface area contributed by atoms with Gasteiger partial charge in [0.05, 0.1) is 7.11 Å². The predicted octanol–water partition coefficient (Wildman–Crippen LogP) is 2.91. The molecule has 94 valence electrons. The van der Waals surface area contributed by atoms with Crippen LogP contribution in [-0.2, 0) is 5.41 Å². The third kappa shape index (κ3) is 2.04. The summed E-state index contributed by atoms with van der Waals surface area (Å²) in [7, 11) is 1.60. The molecule has 1 aliphatic rings. The molecule has 0 bridgehead atoms. The van der Waals surface area contributed by atoms with E-state index in [0.29, 0.717) is 12.3 Å². The highest BCUT2D eigenvalue weighted by Gasteiger charge is 2.42. The molecule has 1 aromatic rings. The Hall–Kier alpha value is -1.09. The van der Waals surface area contributed by atoms with Gasteiger partial charge in [0.15, 0.2) is 0 Å². The van der Waals surface area contributed by atoms with Crippen LogP contribution in [0.3, 0.4) is 0 Å². The highest BCUT2D eigenvalue weighted by Crippen LogP contribution is 2.50.